The van der Waals surface area contributed by atoms with E-state index in [1.54, 1.807) is 41.9 Å². The average Bonchev–Trinajstić information content (AvgIpc) is 3.04. The lowest BCUT2D eigenvalue weighted by Crippen LogP contribution is -2.18. The highest BCUT2D eigenvalue weighted by Gasteiger charge is 2.32. The number of imidazole rings is 1. The maximum atomic E-state index is 12.8. The number of primary amides is 1. The van der Waals surface area contributed by atoms with Gasteiger partial charge in [0.1, 0.15) is 17.2 Å². The quantitative estimate of drug-likeness (QED) is 0.345. The molecule has 3 N–H and O–H groups in total. The van der Waals surface area contributed by atoms with E-state index < -0.39 is 18.0 Å². The molecule has 1 amide bonds. The van der Waals surface area contributed by atoms with Gasteiger partial charge < -0.3 is 25.1 Å². The fourth-order valence-corrected chi connectivity index (χ4v) is 3.37. The molecule has 0 fully saturated rings. The minimum absolute atomic E-state index is 0. The summed E-state index contributed by atoms with van der Waals surface area (Å²) in [5, 5.41) is 2.87. The minimum atomic E-state index is -4.85. The summed E-state index contributed by atoms with van der Waals surface area (Å²) in [6.45, 7) is 0. The van der Waals surface area contributed by atoms with Crippen LogP contribution in [0.25, 0.3) is 11.0 Å². The van der Waals surface area contributed by atoms with Gasteiger partial charge in [0.25, 0.3) is 5.91 Å². The van der Waals surface area contributed by atoms with Crippen molar-refractivity contribution in [3.63, 3.8) is 0 Å². The lowest BCUT2D eigenvalue weighted by atomic mass is 10.3. The molecule has 0 atom stereocenters. The number of carbonyl (C=O) groups excluding carboxylic acids is 1. The molecule has 2 heterocycles. The van der Waals surface area contributed by atoms with Crippen molar-refractivity contribution in [3.8, 4) is 17.2 Å². The number of anilines is 2. The zero-order valence-corrected chi connectivity index (χ0v) is 18.4. The van der Waals surface area contributed by atoms with Crippen molar-refractivity contribution < 1.29 is 28.9 Å². The molecule has 0 aliphatic carbocycles. The molecule has 0 aliphatic rings. The molecular formula is C21H17BrF3N5O3. The third-order valence-corrected chi connectivity index (χ3v) is 4.98. The Kier molecular flexibility index (Phi) is 5.85. The van der Waals surface area contributed by atoms with Crippen molar-refractivity contribution in [1.82, 2.24) is 14.5 Å². The van der Waals surface area contributed by atoms with Crippen molar-refractivity contribution in [1.29, 1.82) is 0 Å². The lowest BCUT2D eigenvalue weighted by molar-refractivity contribution is -0.274. The van der Waals surface area contributed by atoms with Gasteiger partial charge >= 0.3 is 6.36 Å². The number of rotatable bonds is 6. The average molecular weight is 524 g/mol. The molecular weight excluding hydrogens is 507 g/mol. The van der Waals surface area contributed by atoms with Crippen LogP contribution in [-0.4, -0.2) is 26.8 Å². The summed E-state index contributed by atoms with van der Waals surface area (Å²) in [4.78, 5) is 19.6. The molecule has 33 heavy (non-hydrogen) atoms. The normalized spacial score (nSPS) is 11.4. The number of nitrogens with zero attached hydrogens (tertiary/aromatic N) is 3. The number of aryl methyl sites for hydroxylation is 1. The highest BCUT2D eigenvalue weighted by Crippen LogP contribution is 2.35. The molecule has 0 unspecified atom stereocenters. The van der Waals surface area contributed by atoms with E-state index in [1.165, 1.54) is 24.4 Å². The zero-order valence-electron chi connectivity index (χ0n) is 16.9. The first-order valence-electron chi connectivity index (χ1n) is 9.31. The first-order chi connectivity index (χ1) is 15.6. The molecule has 8 nitrogen and oxygen atoms in total. The van der Waals surface area contributed by atoms with E-state index in [0.717, 1.165) is 0 Å². The highest BCUT2D eigenvalue weighted by molar-refractivity contribution is 9.10. The van der Waals surface area contributed by atoms with Gasteiger partial charge in [-0.2, -0.15) is 0 Å². The Hall–Kier alpha value is -3.80. The predicted molar refractivity (Wildman–Crippen MR) is 120 cm³/mol. The van der Waals surface area contributed by atoms with Crippen molar-refractivity contribution in [2.24, 2.45) is 12.8 Å². The number of hydrogen-bond acceptors (Lipinski definition) is 6. The van der Waals surface area contributed by atoms with E-state index >= 15 is 0 Å². The van der Waals surface area contributed by atoms with E-state index in [9.17, 15) is 18.0 Å². The Morgan fingerprint density at radius 2 is 1.91 bits per heavy atom. The summed E-state index contributed by atoms with van der Waals surface area (Å²) in [6, 6.07) is 12.3. The number of aromatic nitrogens is 3. The number of nitrogens with two attached hydrogens (primary N) is 1. The maximum Gasteiger partial charge on any atom is 0.573 e. The van der Waals surface area contributed by atoms with Gasteiger partial charge in [0, 0.05) is 31.3 Å². The number of alkyl halides is 3. The number of amides is 1. The smallest absolute Gasteiger partial charge is 0.457 e. The van der Waals surface area contributed by atoms with Gasteiger partial charge in [-0.15, -0.1) is 13.2 Å². The van der Waals surface area contributed by atoms with Crippen LogP contribution < -0.4 is 20.5 Å². The van der Waals surface area contributed by atoms with Crippen molar-refractivity contribution >= 4 is 44.5 Å². The highest BCUT2D eigenvalue weighted by atomic mass is 79.9. The zero-order chi connectivity index (χ0) is 23.8. The van der Waals surface area contributed by atoms with Crippen LogP contribution in [0.5, 0.6) is 17.2 Å². The van der Waals surface area contributed by atoms with E-state index in [4.69, 9.17) is 10.5 Å². The number of nitrogens with one attached hydrogen (secondary N) is 1. The number of benzene rings is 2. The van der Waals surface area contributed by atoms with Crippen LogP contribution in [0.4, 0.5) is 24.8 Å². The Balaban J connectivity index is 0.00000324. The van der Waals surface area contributed by atoms with Crippen molar-refractivity contribution in [2.75, 3.05) is 5.32 Å². The Bertz CT molecular complexity index is 1360. The second kappa shape index (κ2) is 8.62. The van der Waals surface area contributed by atoms with E-state index in [0.29, 0.717) is 27.0 Å². The number of ether oxygens (including phenoxy) is 2. The van der Waals surface area contributed by atoms with Gasteiger partial charge in [0.05, 0.1) is 16.7 Å². The summed E-state index contributed by atoms with van der Waals surface area (Å²) in [5.74, 6) is -0.0137. The summed E-state index contributed by atoms with van der Waals surface area (Å²) in [7, 11) is 1.71. The van der Waals surface area contributed by atoms with E-state index in [-0.39, 0.29) is 18.8 Å². The van der Waals surface area contributed by atoms with Gasteiger partial charge in [-0.25, -0.2) is 4.98 Å². The lowest BCUT2D eigenvalue weighted by Gasteiger charge is -2.14. The van der Waals surface area contributed by atoms with Gasteiger partial charge in [-0.1, -0.05) is 15.9 Å². The minimum Gasteiger partial charge on any atom is -0.457 e. The first kappa shape index (κ1) is 22.4. The van der Waals surface area contributed by atoms with Crippen LogP contribution in [-0.2, 0) is 7.05 Å². The van der Waals surface area contributed by atoms with Crippen LogP contribution in [0.1, 0.15) is 11.9 Å². The van der Waals surface area contributed by atoms with Gasteiger partial charge in [-0.05, 0) is 36.4 Å². The van der Waals surface area contributed by atoms with Crippen LogP contribution >= 0.6 is 15.9 Å². The second-order valence-corrected chi connectivity index (χ2v) is 7.72. The fourth-order valence-electron chi connectivity index (χ4n) is 3.03. The van der Waals surface area contributed by atoms with E-state index in [1.807, 2.05) is 0 Å². The molecule has 4 aromatic rings. The monoisotopic (exact) mass is 523 g/mol. The Morgan fingerprint density at radius 1 is 1.15 bits per heavy atom. The number of fused-ring (bicyclic) bond motifs is 1. The number of pyridine rings is 1. The summed E-state index contributed by atoms with van der Waals surface area (Å²) in [6.07, 6.45) is -3.45. The Labute approximate surface area is 194 Å². The molecule has 4 rings (SSSR count). The molecule has 0 saturated heterocycles. The van der Waals surface area contributed by atoms with Crippen molar-refractivity contribution in [3.05, 3.63) is 64.9 Å². The standard InChI is InChI=1S/C21H15BrF3N5O3.H2/c1-30-17-5-3-12(32-13-6-7-27-16(10-13)19(26)31)9-15(17)29-20(30)28-14-4-2-11(22)8-18(14)33-21(23,24)25;/h2-10H,1H3,(H2,26,31)(H,28,29);1H. The summed E-state index contributed by atoms with van der Waals surface area (Å²) < 4.78 is 50.4. The molecule has 2 aromatic heterocycles. The van der Waals surface area contributed by atoms with Crippen molar-refractivity contribution in [2.45, 2.75) is 6.36 Å². The molecule has 0 radical (unpaired) electrons. The largest absolute Gasteiger partial charge is 0.573 e. The maximum absolute atomic E-state index is 12.8. The SMILES string of the molecule is Cn1c(Nc2ccc(Br)cc2OC(F)(F)F)nc2cc(Oc3ccnc(C(N)=O)c3)ccc21.[HH]. The summed E-state index contributed by atoms with van der Waals surface area (Å²) in [5.41, 5.74) is 6.61. The molecule has 12 heteroatoms. The molecule has 0 spiro atoms. The predicted octanol–water partition coefficient (Wildman–Crippen LogP) is 5.51. The van der Waals surface area contributed by atoms with Crippen LogP contribution in [0, 0.1) is 0 Å². The fraction of sp³-hybridized carbons (Fsp3) is 0.0952. The summed E-state index contributed by atoms with van der Waals surface area (Å²) >= 11 is 3.14. The molecule has 2 aromatic carbocycles. The molecule has 172 valence electrons. The van der Waals surface area contributed by atoms with Crippen LogP contribution in [0.15, 0.2) is 59.2 Å². The number of halogens is 4. The Morgan fingerprint density at radius 3 is 2.64 bits per heavy atom. The van der Waals surface area contributed by atoms with E-state index in [2.05, 4.69) is 36.0 Å². The third-order valence-electron chi connectivity index (χ3n) is 4.49. The number of hydrogen-bond donors (Lipinski definition) is 2. The number of carbonyl (C=O) groups is 1. The topological polar surface area (TPSA) is 104 Å². The van der Waals surface area contributed by atoms with Crippen LogP contribution in [0.2, 0.25) is 0 Å². The van der Waals surface area contributed by atoms with Gasteiger partial charge in [0.2, 0.25) is 5.95 Å². The second-order valence-electron chi connectivity index (χ2n) is 6.80. The molecule has 0 aliphatic heterocycles. The third kappa shape index (κ3) is 5.17. The van der Waals surface area contributed by atoms with Gasteiger partial charge in [0.15, 0.2) is 5.75 Å². The first-order valence-corrected chi connectivity index (χ1v) is 10.1. The molecule has 0 saturated carbocycles. The van der Waals surface area contributed by atoms with Crippen LogP contribution in [0.3, 0.4) is 0 Å². The van der Waals surface area contributed by atoms with Gasteiger partial charge in [-0.3, -0.25) is 9.78 Å². The molecule has 0 bridgehead atoms.